The first-order valence-electron chi connectivity index (χ1n) is 5.40. The highest BCUT2D eigenvalue weighted by Gasteiger charge is 2.21. The van der Waals surface area contributed by atoms with Crippen LogP contribution in [0.5, 0.6) is 5.75 Å². The van der Waals surface area contributed by atoms with E-state index < -0.39 is 11.0 Å². The molecule has 0 spiro atoms. The molecule has 1 atom stereocenters. The standard InChI is InChI=1S/C12H15NO4/c1-4-10(14)9(3)17-11-7-5-6-8(2)12(11)13(15)16/h5-7,9H,4H2,1-3H3. The molecule has 1 aromatic carbocycles. The van der Waals surface area contributed by atoms with Crippen LogP contribution in [0.15, 0.2) is 18.2 Å². The molecule has 0 aromatic heterocycles. The lowest BCUT2D eigenvalue weighted by molar-refractivity contribution is -0.386. The maximum Gasteiger partial charge on any atom is 0.313 e. The lowest BCUT2D eigenvalue weighted by atomic mass is 10.1. The molecule has 5 heteroatoms. The zero-order valence-corrected chi connectivity index (χ0v) is 10.1. The minimum atomic E-state index is -0.666. The highest BCUT2D eigenvalue weighted by Crippen LogP contribution is 2.30. The zero-order chi connectivity index (χ0) is 13.0. The molecular weight excluding hydrogens is 222 g/mol. The Morgan fingerprint density at radius 3 is 2.71 bits per heavy atom. The summed E-state index contributed by atoms with van der Waals surface area (Å²) >= 11 is 0. The van der Waals surface area contributed by atoms with Gasteiger partial charge < -0.3 is 4.74 Å². The van der Waals surface area contributed by atoms with Crippen molar-refractivity contribution in [3.63, 3.8) is 0 Å². The van der Waals surface area contributed by atoms with Crippen molar-refractivity contribution < 1.29 is 14.5 Å². The summed E-state index contributed by atoms with van der Waals surface area (Å²) in [4.78, 5) is 21.8. The largest absolute Gasteiger partial charge is 0.476 e. The normalized spacial score (nSPS) is 11.9. The predicted octanol–water partition coefficient (Wildman–Crippen LogP) is 2.65. The van der Waals surface area contributed by atoms with Gasteiger partial charge in [-0.05, 0) is 19.9 Å². The van der Waals surface area contributed by atoms with Gasteiger partial charge in [0, 0.05) is 12.0 Å². The summed E-state index contributed by atoms with van der Waals surface area (Å²) in [7, 11) is 0. The summed E-state index contributed by atoms with van der Waals surface area (Å²) in [6, 6.07) is 4.81. The van der Waals surface area contributed by atoms with E-state index in [1.54, 1.807) is 32.9 Å². The summed E-state index contributed by atoms with van der Waals surface area (Å²) < 4.78 is 5.35. The van der Waals surface area contributed by atoms with Gasteiger partial charge in [-0.1, -0.05) is 19.1 Å². The van der Waals surface area contributed by atoms with Gasteiger partial charge in [-0.3, -0.25) is 14.9 Å². The van der Waals surface area contributed by atoms with E-state index in [-0.39, 0.29) is 17.2 Å². The second kappa shape index (κ2) is 5.43. The molecule has 0 heterocycles. The Morgan fingerprint density at radius 2 is 2.18 bits per heavy atom. The van der Waals surface area contributed by atoms with E-state index in [0.29, 0.717) is 12.0 Å². The number of ketones is 1. The van der Waals surface area contributed by atoms with E-state index in [9.17, 15) is 14.9 Å². The molecule has 1 aromatic rings. The first kappa shape index (κ1) is 13.2. The minimum absolute atomic E-state index is 0.0803. The van der Waals surface area contributed by atoms with Gasteiger partial charge in [0.2, 0.25) is 0 Å². The Morgan fingerprint density at radius 1 is 1.53 bits per heavy atom. The van der Waals surface area contributed by atoms with E-state index in [2.05, 4.69) is 0 Å². The molecule has 0 bridgehead atoms. The quantitative estimate of drug-likeness (QED) is 0.583. The van der Waals surface area contributed by atoms with E-state index in [1.165, 1.54) is 6.07 Å². The number of aryl methyl sites for hydroxylation is 1. The summed E-state index contributed by atoms with van der Waals surface area (Å²) in [6.45, 7) is 4.96. The van der Waals surface area contributed by atoms with Crippen molar-refractivity contribution in [3.05, 3.63) is 33.9 Å². The monoisotopic (exact) mass is 237 g/mol. The predicted molar refractivity (Wildman–Crippen MR) is 63.2 cm³/mol. The summed E-state index contributed by atoms with van der Waals surface area (Å²) in [5.41, 5.74) is 0.437. The maximum atomic E-state index is 11.4. The second-order valence-electron chi connectivity index (χ2n) is 3.76. The molecule has 5 nitrogen and oxygen atoms in total. The molecule has 92 valence electrons. The van der Waals surface area contributed by atoms with E-state index in [4.69, 9.17) is 4.74 Å². The highest BCUT2D eigenvalue weighted by molar-refractivity contribution is 5.82. The average molecular weight is 237 g/mol. The Bertz CT molecular complexity index is 442. The zero-order valence-electron chi connectivity index (χ0n) is 10.1. The van der Waals surface area contributed by atoms with Crippen LogP contribution in [0.3, 0.4) is 0 Å². The SMILES string of the molecule is CCC(=O)C(C)Oc1cccc(C)c1[N+](=O)[O-]. The third-order valence-electron chi connectivity index (χ3n) is 2.49. The van der Waals surface area contributed by atoms with E-state index >= 15 is 0 Å². The molecule has 0 aliphatic carbocycles. The smallest absolute Gasteiger partial charge is 0.313 e. The number of ether oxygens (including phenoxy) is 1. The summed E-state index contributed by atoms with van der Waals surface area (Å²) in [5, 5.41) is 10.9. The molecule has 0 N–H and O–H groups in total. The van der Waals surface area contributed by atoms with Crippen LogP contribution in [0.25, 0.3) is 0 Å². The molecule has 0 radical (unpaired) electrons. The van der Waals surface area contributed by atoms with Crippen molar-refractivity contribution in [2.24, 2.45) is 0 Å². The van der Waals surface area contributed by atoms with Crippen LogP contribution < -0.4 is 4.74 Å². The number of nitrogens with zero attached hydrogens (tertiary/aromatic N) is 1. The maximum absolute atomic E-state index is 11.4. The van der Waals surface area contributed by atoms with E-state index in [1.807, 2.05) is 0 Å². The molecule has 0 aliphatic rings. The fourth-order valence-corrected chi connectivity index (χ4v) is 1.50. The van der Waals surface area contributed by atoms with Crippen molar-refractivity contribution in [2.45, 2.75) is 33.3 Å². The number of carbonyl (C=O) groups is 1. The van der Waals surface area contributed by atoms with Crippen molar-refractivity contribution in [1.82, 2.24) is 0 Å². The average Bonchev–Trinajstić information content (AvgIpc) is 2.27. The Kier molecular flexibility index (Phi) is 4.20. The van der Waals surface area contributed by atoms with Gasteiger partial charge in [0.15, 0.2) is 17.6 Å². The Hall–Kier alpha value is -1.91. The number of benzene rings is 1. The number of rotatable bonds is 5. The van der Waals surface area contributed by atoms with Gasteiger partial charge in [0.1, 0.15) is 0 Å². The first-order valence-corrected chi connectivity index (χ1v) is 5.40. The van der Waals surface area contributed by atoms with Crippen LogP contribution in [-0.4, -0.2) is 16.8 Å². The van der Waals surface area contributed by atoms with Crippen LogP contribution >= 0.6 is 0 Å². The third kappa shape index (κ3) is 3.03. The lowest BCUT2D eigenvalue weighted by Crippen LogP contribution is -2.23. The molecule has 0 fully saturated rings. The molecule has 0 amide bonds. The molecule has 0 saturated carbocycles. The Labute approximate surface area is 99.5 Å². The van der Waals surface area contributed by atoms with Gasteiger partial charge in [0.25, 0.3) is 0 Å². The third-order valence-corrected chi connectivity index (χ3v) is 2.49. The number of nitro benzene ring substituents is 1. The molecule has 0 saturated heterocycles. The van der Waals surface area contributed by atoms with Gasteiger partial charge in [-0.2, -0.15) is 0 Å². The number of carbonyl (C=O) groups excluding carboxylic acids is 1. The topological polar surface area (TPSA) is 69.4 Å². The van der Waals surface area contributed by atoms with Gasteiger partial charge in [0.05, 0.1) is 4.92 Å². The van der Waals surface area contributed by atoms with Crippen LogP contribution in [-0.2, 0) is 4.79 Å². The molecular formula is C12H15NO4. The molecule has 1 unspecified atom stereocenters. The fourth-order valence-electron chi connectivity index (χ4n) is 1.50. The minimum Gasteiger partial charge on any atom is -0.476 e. The molecule has 1 rings (SSSR count). The van der Waals surface area contributed by atoms with Crippen molar-refractivity contribution >= 4 is 11.5 Å². The number of hydrogen-bond acceptors (Lipinski definition) is 4. The first-order chi connectivity index (χ1) is 7.97. The molecule has 0 aliphatic heterocycles. The number of nitro groups is 1. The summed E-state index contributed by atoms with van der Waals surface area (Å²) in [5.74, 6) is 0.0603. The number of para-hydroxylation sites is 1. The van der Waals surface area contributed by atoms with Crippen molar-refractivity contribution in [1.29, 1.82) is 0 Å². The van der Waals surface area contributed by atoms with Crippen LogP contribution in [0.4, 0.5) is 5.69 Å². The van der Waals surface area contributed by atoms with E-state index in [0.717, 1.165) is 0 Å². The number of Topliss-reactive ketones (excluding diaryl/α,β-unsaturated/α-hetero) is 1. The highest BCUT2D eigenvalue weighted by atomic mass is 16.6. The fraction of sp³-hybridized carbons (Fsp3) is 0.417. The van der Waals surface area contributed by atoms with Gasteiger partial charge >= 0.3 is 5.69 Å². The summed E-state index contributed by atoms with van der Waals surface area (Å²) in [6.07, 6.45) is -0.318. The van der Waals surface area contributed by atoms with Crippen LogP contribution in [0, 0.1) is 17.0 Å². The molecule has 17 heavy (non-hydrogen) atoms. The van der Waals surface area contributed by atoms with Crippen molar-refractivity contribution in [2.75, 3.05) is 0 Å². The van der Waals surface area contributed by atoms with Crippen LogP contribution in [0.2, 0.25) is 0 Å². The Balaban J connectivity index is 3.02. The van der Waals surface area contributed by atoms with Crippen molar-refractivity contribution in [3.8, 4) is 5.75 Å². The van der Waals surface area contributed by atoms with Gasteiger partial charge in [-0.25, -0.2) is 0 Å². The van der Waals surface area contributed by atoms with Gasteiger partial charge in [-0.15, -0.1) is 0 Å². The number of hydrogen-bond donors (Lipinski definition) is 0. The second-order valence-corrected chi connectivity index (χ2v) is 3.76. The van der Waals surface area contributed by atoms with Crippen LogP contribution in [0.1, 0.15) is 25.8 Å². The lowest BCUT2D eigenvalue weighted by Gasteiger charge is -2.13.